The number of aliphatic hydroxyl groups is 1. The van der Waals surface area contributed by atoms with E-state index in [1.165, 1.54) is 9.75 Å². The minimum Gasteiger partial charge on any atom is -0.495 e. The van der Waals surface area contributed by atoms with Crippen molar-refractivity contribution in [1.29, 1.82) is 0 Å². The molecule has 0 aliphatic carbocycles. The van der Waals surface area contributed by atoms with Crippen LogP contribution in [0.2, 0.25) is 0 Å². The SMILES string of the molecule is CCc1ccc(CC(O)c2cccc(OC)c2N)s1. The van der Waals surface area contributed by atoms with Gasteiger partial charge in [-0.2, -0.15) is 0 Å². The molecule has 0 radical (unpaired) electrons. The first kappa shape index (κ1) is 13.9. The lowest BCUT2D eigenvalue weighted by Crippen LogP contribution is -2.05. The summed E-state index contributed by atoms with van der Waals surface area (Å²) in [5.74, 6) is 0.608. The fourth-order valence-electron chi connectivity index (χ4n) is 2.05. The Balaban J connectivity index is 2.17. The molecule has 1 heterocycles. The second-order valence-electron chi connectivity index (χ2n) is 4.40. The third-order valence-electron chi connectivity index (χ3n) is 3.14. The van der Waals surface area contributed by atoms with E-state index in [-0.39, 0.29) is 0 Å². The third-order valence-corrected chi connectivity index (χ3v) is 4.39. The van der Waals surface area contributed by atoms with Crippen LogP contribution in [0, 0.1) is 0 Å². The molecule has 0 bridgehead atoms. The van der Waals surface area contributed by atoms with Crippen LogP contribution in [0.5, 0.6) is 5.75 Å². The van der Waals surface area contributed by atoms with Crippen LogP contribution < -0.4 is 10.5 Å². The Morgan fingerprint density at radius 2 is 2.00 bits per heavy atom. The molecular weight excluding hydrogens is 258 g/mol. The highest BCUT2D eigenvalue weighted by Crippen LogP contribution is 2.32. The van der Waals surface area contributed by atoms with Crippen molar-refractivity contribution < 1.29 is 9.84 Å². The molecule has 3 nitrogen and oxygen atoms in total. The topological polar surface area (TPSA) is 55.5 Å². The highest BCUT2D eigenvalue weighted by molar-refractivity contribution is 7.11. The predicted molar refractivity (Wildman–Crippen MR) is 79.8 cm³/mol. The number of nitrogens with two attached hydrogens (primary N) is 1. The second kappa shape index (κ2) is 6.08. The van der Waals surface area contributed by atoms with Crippen LogP contribution in [0.15, 0.2) is 30.3 Å². The van der Waals surface area contributed by atoms with Crippen LogP contribution >= 0.6 is 11.3 Å². The largest absolute Gasteiger partial charge is 0.495 e. The summed E-state index contributed by atoms with van der Waals surface area (Å²) in [6.07, 6.45) is 1.02. The van der Waals surface area contributed by atoms with E-state index in [0.717, 1.165) is 12.0 Å². The lowest BCUT2D eigenvalue weighted by Gasteiger charge is -2.14. The van der Waals surface area contributed by atoms with Crippen LogP contribution in [0.25, 0.3) is 0 Å². The lowest BCUT2D eigenvalue weighted by molar-refractivity contribution is 0.180. The zero-order chi connectivity index (χ0) is 13.8. The summed E-state index contributed by atoms with van der Waals surface area (Å²) in [6, 6.07) is 9.67. The van der Waals surface area contributed by atoms with Gasteiger partial charge in [-0.1, -0.05) is 19.1 Å². The average molecular weight is 277 g/mol. The summed E-state index contributed by atoms with van der Waals surface area (Å²) in [6.45, 7) is 2.13. The summed E-state index contributed by atoms with van der Waals surface area (Å²) in [5.41, 5.74) is 7.24. The number of hydrogen-bond donors (Lipinski definition) is 2. The van der Waals surface area contributed by atoms with Crippen molar-refractivity contribution in [3.8, 4) is 5.75 Å². The van der Waals surface area contributed by atoms with Gasteiger partial charge in [-0.15, -0.1) is 11.3 Å². The molecule has 0 fully saturated rings. The Labute approximate surface area is 117 Å². The summed E-state index contributed by atoms with van der Waals surface area (Å²) < 4.78 is 5.17. The number of aryl methyl sites for hydroxylation is 1. The number of methoxy groups -OCH3 is 1. The highest BCUT2D eigenvalue weighted by Gasteiger charge is 2.15. The molecule has 19 heavy (non-hydrogen) atoms. The maximum atomic E-state index is 10.3. The van der Waals surface area contributed by atoms with Gasteiger partial charge >= 0.3 is 0 Å². The van der Waals surface area contributed by atoms with E-state index in [4.69, 9.17) is 10.5 Å². The first-order valence-electron chi connectivity index (χ1n) is 6.33. The van der Waals surface area contributed by atoms with Gasteiger partial charge in [0, 0.05) is 21.7 Å². The number of benzene rings is 1. The van der Waals surface area contributed by atoms with Gasteiger partial charge in [0.2, 0.25) is 0 Å². The summed E-state index contributed by atoms with van der Waals surface area (Å²) >= 11 is 1.74. The Hall–Kier alpha value is -1.52. The Morgan fingerprint density at radius 3 is 2.63 bits per heavy atom. The standard InChI is InChI=1S/C15H19NO2S/c1-3-10-7-8-11(19-10)9-13(17)12-5-4-6-14(18-2)15(12)16/h4-8,13,17H,3,9,16H2,1-2H3. The molecule has 0 saturated carbocycles. The van der Waals surface area contributed by atoms with Crippen molar-refractivity contribution in [2.45, 2.75) is 25.9 Å². The van der Waals surface area contributed by atoms with Crippen molar-refractivity contribution >= 4 is 17.0 Å². The maximum Gasteiger partial charge on any atom is 0.142 e. The van der Waals surface area contributed by atoms with Gasteiger partial charge in [0.1, 0.15) is 5.75 Å². The van der Waals surface area contributed by atoms with Crippen LogP contribution in [0.3, 0.4) is 0 Å². The molecule has 0 saturated heterocycles. The minimum absolute atomic E-state index is 0.518. The molecule has 1 aromatic carbocycles. The van der Waals surface area contributed by atoms with Crippen molar-refractivity contribution in [3.63, 3.8) is 0 Å². The monoisotopic (exact) mass is 277 g/mol. The van der Waals surface area contributed by atoms with Gasteiger partial charge in [-0.25, -0.2) is 0 Å². The molecule has 3 N–H and O–H groups in total. The van der Waals surface area contributed by atoms with Crippen molar-refractivity contribution in [1.82, 2.24) is 0 Å². The lowest BCUT2D eigenvalue weighted by atomic mass is 10.0. The second-order valence-corrected chi connectivity index (χ2v) is 5.66. The molecule has 0 amide bonds. The molecule has 2 rings (SSSR count). The zero-order valence-electron chi connectivity index (χ0n) is 11.2. The van der Waals surface area contributed by atoms with Gasteiger partial charge in [0.05, 0.1) is 18.9 Å². The van der Waals surface area contributed by atoms with E-state index < -0.39 is 6.10 Å². The number of aliphatic hydroxyl groups excluding tert-OH is 1. The van der Waals surface area contributed by atoms with Crippen LogP contribution in [-0.4, -0.2) is 12.2 Å². The van der Waals surface area contributed by atoms with Crippen LogP contribution in [-0.2, 0) is 12.8 Å². The minimum atomic E-state index is -0.599. The molecule has 4 heteroatoms. The molecule has 2 aromatic rings. The van der Waals surface area contributed by atoms with E-state index in [1.54, 1.807) is 24.5 Å². The average Bonchev–Trinajstić information content (AvgIpc) is 2.86. The zero-order valence-corrected chi connectivity index (χ0v) is 12.0. The number of hydrogen-bond acceptors (Lipinski definition) is 4. The molecule has 102 valence electrons. The van der Waals surface area contributed by atoms with E-state index in [2.05, 4.69) is 19.1 Å². The third kappa shape index (κ3) is 3.08. The molecule has 1 atom stereocenters. The van der Waals surface area contributed by atoms with Crippen molar-refractivity contribution in [2.24, 2.45) is 0 Å². The smallest absolute Gasteiger partial charge is 0.142 e. The fourth-order valence-corrected chi connectivity index (χ4v) is 3.05. The summed E-state index contributed by atoms with van der Waals surface area (Å²) in [4.78, 5) is 2.51. The Morgan fingerprint density at radius 1 is 1.26 bits per heavy atom. The normalized spacial score (nSPS) is 12.4. The maximum absolute atomic E-state index is 10.3. The number of thiophene rings is 1. The molecule has 0 aliphatic rings. The number of rotatable bonds is 5. The Kier molecular flexibility index (Phi) is 4.45. The van der Waals surface area contributed by atoms with Crippen molar-refractivity contribution in [3.05, 3.63) is 45.6 Å². The van der Waals surface area contributed by atoms with E-state index in [0.29, 0.717) is 17.9 Å². The molecule has 1 aromatic heterocycles. The van der Waals surface area contributed by atoms with E-state index in [1.807, 2.05) is 12.1 Å². The predicted octanol–water partition coefficient (Wildman–Crippen LogP) is 3.18. The van der Waals surface area contributed by atoms with Gasteiger partial charge in [-0.3, -0.25) is 0 Å². The number of para-hydroxylation sites is 1. The van der Waals surface area contributed by atoms with Gasteiger partial charge in [-0.05, 0) is 24.6 Å². The van der Waals surface area contributed by atoms with Gasteiger partial charge < -0.3 is 15.6 Å². The fraction of sp³-hybridized carbons (Fsp3) is 0.333. The number of ether oxygens (including phenoxy) is 1. The van der Waals surface area contributed by atoms with Crippen LogP contribution in [0.4, 0.5) is 5.69 Å². The number of nitrogen functional groups attached to an aromatic ring is 1. The number of anilines is 1. The quantitative estimate of drug-likeness (QED) is 0.825. The first-order chi connectivity index (χ1) is 9.15. The Bertz CT molecular complexity index is 551. The first-order valence-corrected chi connectivity index (χ1v) is 7.15. The van der Waals surface area contributed by atoms with Gasteiger partial charge in [0.15, 0.2) is 0 Å². The summed E-state index contributed by atoms with van der Waals surface area (Å²) in [5, 5.41) is 10.3. The van der Waals surface area contributed by atoms with Gasteiger partial charge in [0.25, 0.3) is 0 Å². The van der Waals surface area contributed by atoms with Crippen molar-refractivity contribution in [2.75, 3.05) is 12.8 Å². The summed E-state index contributed by atoms with van der Waals surface area (Å²) in [7, 11) is 1.58. The van der Waals surface area contributed by atoms with Crippen LogP contribution in [0.1, 0.15) is 28.3 Å². The molecular formula is C15H19NO2S. The molecule has 0 spiro atoms. The molecule has 0 aliphatic heterocycles. The van der Waals surface area contributed by atoms with E-state index >= 15 is 0 Å². The molecule has 1 unspecified atom stereocenters. The van der Waals surface area contributed by atoms with E-state index in [9.17, 15) is 5.11 Å². The highest BCUT2D eigenvalue weighted by atomic mass is 32.1.